The Labute approximate surface area is 79.0 Å². The summed E-state index contributed by atoms with van der Waals surface area (Å²) in [5, 5.41) is 8.33. The number of rotatable bonds is 1. The number of halogens is 3. The number of pyridine rings is 1. The van der Waals surface area contributed by atoms with Gasteiger partial charge in [0.05, 0.1) is 18.2 Å². The Morgan fingerprint density at radius 1 is 1.43 bits per heavy atom. The highest BCUT2D eigenvalue weighted by atomic mass is 19.4. The summed E-state index contributed by atoms with van der Waals surface area (Å²) < 4.78 is 36.7. The molecule has 2 nitrogen and oxygen atoms in total. The molecule has 0 saturated carbocycles. The van der Waals surface area contributed by atoms with Gasteiger partial charge in [-0.15, -0.1) is 0 Å². The fraction of sp³-hybridized carbons (Fsp3) is 0.333. The minimum absolute atomic E-state index is 0.106. The number of nitrogens with zero attached hydrogens (tertiary/aromatic N) is 2. The molecule has 0 bridgehead atoms. The molecule has 1 aromatic rings. The van der Waals surface area contributed by atoms with E-state index < -0.39 is 11.9 Å². The van der Waals surface area contributed by atoms with E-state index in [1.54, 1.807) is 6.07 Å². The van der Waals surface area contributed by atoms with E-state index in [0.717, 1.165) is 6.07 Å². The molecule has 5 heteroatoms. The van der Waals surface area contributed by atoms with Gasteiger partial charge in [0, 0.05) is 0 Å². The van der Waals surface area contributed by atoms with Gasteiger partial charge in [-0.2, -0.15) is 18.4 Å². The topological polar surface area (TPSA) is 36.7 Å². The molecule has 0 saturated heterocycles. The summed E-state index contributed by atoms with van der Waals surface area (Å²) in [5.41, 5.74) is -0.333. The van der Waals surface area contributed by atoms with Crippen LogP contribution in [0.15, 0.2) is 12.1 Å². The molecule has 14 heavy (non-hydrogen) atoms. The summed E-state index contributed by atoms with van der Waals surface area (Å²) in [5.74, 6) is 0. The van der Waals surface area contributed by atoms with Crippen LogP contribution in [0.3, 0.4) is 0 Å². The van der Waals surface area contributed by atoms with E-state index in [2.05, 4.69) is 4.98 Å². The highest BCUT2D eigenvalue weighted by Crippen LogP contribution is 2.28. The molecular formula is C9H7F3N2. The highest BCUT2D eigenvalue weighted by molar-refractivity contribution is 5.23. The minimum Gasteiger partial charge on any atom is -0.247 e. The third-order valence-electron chi connectivity index (χ3n) is 1.57. The van der Waals surface area contributed by atoms with Crippen molar-refractivity contribution in [1.82, 2.24) is 4.98 Å². The number of hydrogen-bond donors (Lipinski definition) is 0. The summed E-state index contributed by atoms with van der Waals surface area (Å²) >= 11 is 0. The molecule has 0 aliphatic heterocycles. The van der Waals surface area contributed by atoms with E-state index in [0.29, 0.717) is 5.56 Å². The van der Waals surface area contributed by atoms with E-state index in [-0.39, 0.29) is 12.1 Å². The highest BCUT2D eigenvalue weighted by Gasteiger charge is 2.32. The fourth-order valence-electron chi connectivity index (χ4n) is 1.06. The molecule has 0 atom stereocenters. The van der Waals surface area contributed by atoms with Gasteiger partial charge in [-0.1, -0.05) is 0 Å². The molecule has 0 aliphatic carbocycles. The first kappa shape index (κ1) is 10.5. The van der Waals surface area contributed by atoms with Crippen molar-refractivity contribution in [2.75, 3.05) is 0 Å². The molecule has 0 unspecified atom stereocenters. The number of aromatic nitrogens is 1. The van der Waals surface area contributed by atoms with Crippen molar-refractivity contribution in [3.63, 3.8) is 0 Å². The predicted molar refractivity (Wildman–Crippen MR) is 43.3 cm³/mol. The molecule has 0 spiro atoms. The molecule has 0 aliphatic rings. The van der Waals surface area contributed by atoms with Crippen LogP contribution in [0.1, 0.15) is 17.0 Å². The molecule has 0 fully saturated rings. The van der Waals surface area contributed by atoms with Crippen molar-refractivity contribution in [2.24, 2.45) is 0 Å². The first-order valence-corrected chi connectivity index (χ1v) is 3.85. The summed E-state index contributed by atoms with van der Waals surface area (Å²) in [6, 6.07) is 4.19. The van der Waals surface area contributed by atoms with Gasteiger partial charge >= 0.3 is 6.18 Å². The smallest absolute Gasteiger partial charge is 0.247 e. The summed E-state index contributed by atoms with van der Waals surface area (Å²) in [6.07, 6.45) is -4.55. The average Bonchev–Trinajstić information content (AvgIpc) is 2.02. The van der Waals surface area contributed by atoms with Crippen LogP contribution < -0.4 is 0 Å². The largest absolute Gasteiger partial charge is 0.433 e. The maximum atomic E-state index is 12.2. The van der Waals surface area contributed by atoms with Crippen LogP contribution in [-0.2, 0) is 12.6 Å². The first-order chi connectivity index (χ1) is 6.43. The lowest BCUT2D eigenvalue weighted by Gasteiger charge is -2.07. The van der Waals surface area contributed by atoms with Crippen molar-refractivity contribution in [3.8, 4) is 6.07 Å². The van der Waals surface area contributed by atoms with Gasteiger partial charge < -0.3 is 0 Å². The zero-order valence-corrected chi connectivity index (χ0v) is 7.39. The van der Waals surface area contributed by atoms with Crippen LogP contribution in [0.25, 0.3) is 0 Å². The molecule has 0 amide bonds. The summed E-state index contributed by atoms with van der Waals surface area (Å²) in [4.78, 5) is 3.35. The van der Waals surface area contributed by atoms with Gasteiger partial charge in [0.15, 0.2) is 0 Å². The Bertz CT molecular complexity index is 377. The van der Waals surface area contributed by atoms with Gasteiger partial charge in [-0.25, -0.2) is 4.98 Å². The SMILES string of the molecule is Cc1cc(CC#N)nc(C(F)(F)F)c1. The number of aryl methyl sites for hydroxylation is 1. The van der Waals surface area contributed by atoms with Crippen LogP contribution in [0.2, 0.25) is 0 Å². The zero-order chi connectivity index (χ0) is 10.8. The first-order valence-electron chi connectivity index (χ1n) is 3.85. The zero-order valence-electron chi connectivity index (χ0n) is 7.39. The lowest BCUT2D eigenvalue weighted by molar-refractivity contribution is -0.141. The Kier molecular flexibility index (Phi) is 2.75. The molecule has 1 rings (SSSR count). The van der Waals surface area contributed by atoms with Crippen molar-refractivity contribution < 1.29 is 13.2 Å². The molecule has 74 valence electrons. The van der Waals surface area contributed by atoms with E-state index >= 15 is 0 Å². The van der Waals surface area contributed by atoms with Crippen LogP contribution in [-0.4, -0.2) is 4.98 Å². The standard InChI is InChI=1S/C9H7F3N2/c1-6-4-7(2-3-13)14-8(5-6)9(10,11)12/h4-5H,2H2,1H3. The third kappa shape index (κ3) is 2.46. The average molecular weight is 200 g/mol. The predicted octanol–water partition coefficient (Wildman–Crippen LogP) is 2.47. The summed E-state index contributed by atoms with van der Waals surface area (Å²) in [7, 11) is 0. The molecule has 0 N–H and O–H groups in total. The monoisotopic (exact) mass is 200 g/mol. The van der Waals surface area contributed by atoms with E-state index in [4.69, 9.17) is 5.26 Å². The summed E-state index contributed by atoms with van der Waals surface area (Å²) in [6.45, 7) is 1.54. The maximum absolute atomic E-state index is 12.2. The van der Waals surface area contributed by atoms with Crippen LogP contribution >= 0.6 is 0 Å². The number of nitriles is 1. The quantitative estimate of drug-likeness (QED) is 0.698. The molecule has 0 aromatic carbocycles. The van der Waals surface area contributed by atoms with Crippen LogP contribution in [0.5, 0.6) is 0 Å². The van der Waals surface area contributed by atoms with Crippen molar-refractivity contribution in [1.29, 1.82) is 5.26 Å². The number of alkyl halides is 3. The van der Waals surface area contributed by atoms with Gasteiger partial charge in [0.1, 0.15) is 5.69 Å². The van der Waals surface area contributed by atoms with Gasteiger partial charge in [-0.3, -0.25) is 0 Å². The normalized spacial score (nSPS) is 11.1. The van der Waals surface area contributed by atoms with Gasteiger partial charge in [0.25, 0.3) is 0 Å². The Morgan fingerprint density at radius 2 is 2.07 bits per heavy atom. The number of hydrogen-bond acceptors (Lipinski definition) is 2. The lowest BCUT2D eigenvalue weighted by Crippen LogP contribution is -2.09. The lowest BCUT2D eigenvalue weighted by atomic mass is 10.2. The van der Waals surface area contributed by atoms with Gasteiger partial charge in [-0.05, 0) is 24.6 Å². The second kappa shape index (κ2) is 3.66. The molecule has 1 heterocycles. The second-order valence-corrected chi connectivity index (χ2v) is 2.85. The molecule has 0 radical (unpaired) electrons. The van der Waals surface area contributed by atoms with Crippen LogP contribution in [0, 0.1) is 18.3 Å². The van der Waals surface area contributed by atoms with E-state index in [9.17, 15) is 13.2 Å². The Hall–Kier alpha value is -1.57. The second-order valence-electron chi connectivity index (χ2n) is 2.85. The maximum Gasteiger partial charge on any atom is 0.433 e. The Balaban J connectivity index is 3.15. The molecular weight excluding hydrogens is 193 g/mol. The van der Waals surface area contributed by atoms with Crippen molar-refractivity contribution >= 4 is 0 Å². The van der Waals surface area contributed by atoms with Crippen LogP contribution in [0.4, 0.5) is 13.2 Å². The van der Waals surface area contributed by atoms with Crippen molar-refractivity contribution in [2.45, 2.75) is 19.5 Å². The third-order valence-corrected chi connectivity index (χ3v) is 1.57. The van der Waals surface area contributed by atoms with Gasteiger partial charge in [0.2, 0.25) is 0 Å². The van der Waals surface area contributed by atoms with Crippen molar-refractivity contribution in [3.05, 3.63) is 29.1 Å². The van der Waals surface area contributed by atoms with E-state index in [1.807, 2.05) is 0 Å². The Morgan fingerprint density at radius 3 is 2.57 bits per heavy atom. The van der Waals surface area contributed by atoms with E-state index in [1.165, 1.54) is 13.0 Å². The fourth-order valence-corrected chi connectivity index (χ4v) is 1.06. The minimum atomic E-state index is -4.45. The molecule has 1 aromatic heterocycles.